The molecule has 0 aliphatic heterocycles. The number of benzene rings is 4. The molecule has 8 heteroatoms. The van der Waals surface area contributed by atoms with Gasteiger partial charge in [-0.2, -0.15) is 11.2 Å². The van der Waals surface area contributed by atoms with Gasteiger partial charge in [0.05, 0.1) is 12.8 Å². The van der Waals surface area contributed by atoms with Gasteiger partial charge in [-0.1, -0.05) is 37.6 Å². The van der Waals surface area contributed by atoms with Gasteiger partial charge in [-0.3, -0.25) is 4.68 Å². The van der Waals surface area contributed by atoms with E-state index >= 15 is 0 Å². The number of para-hydroxylation sites is 1. The summed E-state index contributed by atoms with van der Waals surface area (Å²) in [6.45, 7) is 11.1. The average molecular weight is 804 g/mol. The molecule has 0 saturated heterocycles. The van der Waals surface area contributed by atoms with Crippen LogP contribution in [0.3, 0.4) is 0 Å². The van der Waals surface area contributed by atoms with Crippen molar-refractivity contribution in [3.05, 3.63) is 126 Å². The van der Waals surface area contributed by atoms with E-state index in [1.165, 1.54) is 18.3 Å². The molecule has 0 fully saturated rings. The zero-order valence-corrected chi connectivity index (χ0v) is 29.0. The summed E-state index contributed by atoms with van der Waals surface area (Å²) in [5, 5.41) is 6.71. The molecule has 7 rings (SSSR count). The standard InChI is InChI=1S/C39H33FN4O2.Pt/c1-6-45-32-15-25(4)39(26(5)16-32)28-22-42-43(23-28)30-17-27(24(2)3)18-33(20-30)46-31-11-12-35-34-9-7-8-10-36(34)44(37(35)21-31)38-19-29(40)13-14-41-38;/h7-19,22-24H,6H2,1-5H3;/q-2;+2. The zero-order valence-electron chi connectivity index (χ0n) is 26.7. The summed E-state index contributed by atoms with van der Waals surface area (Å²) in [4.78, 5) is 4.46. The van der Waals surface area contributed by atoms with Crippen molar-refractivity contribution in [2.45, 2.75) is 40.5 Å². The van der Waals surface area contributed by atoms with Crippen LogP contribution in [0.2, 0.25) is 0 Å². The Bertz CT molecular complexity index is 2210. The molecule has 6 nitrogen and oxygen atoms in total. The molecular formula is C39H33FN4O2Pt. The number of aromatic nitrogens is 4. The number of ether oxygens (including phenoxy) is 2. The molecule has 0 saturated carbocycles. The maximum absolute atomic E-state index is 14.3. The first kappa shape index (κ1) is 32.2. The van der Waals surface area contributed by atoms with Crippen molar-refractivity contribution in [1.82, 2.24) is 19.3 Å². The Morgan fingerprint density at radius 2 is 1.68 bits per heavy atom. The summed E-state index contributed by atoms with van der Waals surface area (Å²) >= 11 is 0. The summed E-state index contributed by atoms with van der Waals surface area (Å²) < 4.78 is 30.2. The molecular weight excluding hydrogens is 771 g/mol. The molecule has 7 aromatic rings. The molecule has 3 heterocycles. The van der Waals surface area contributed by atoms with Crippen molar-refractivity contribution >= 4 is 21.8 Å². The molecule has 3 aromatic heterocycles. The van der Waals surface area contributed by atoms with Crippen LogP contribution < -0.4 is 9.47 Å². The summed E-state index contributed by atoms with van der Waals surface area (Å²) in [5.74, 6) is 2.30. The van der Waals surface area contributed by atoms with Gasteiger partial charge in [0, 0.05) is 41.0 Å². The van der Waals surface area contributed by atoms with E-state index in [0.717, 1.165) is 61.1 Å². The van der Waals surface area contributed by atoms with Crippen molar-refractivity contribution in [1.29, 1.82) is 0 Å². The third-order valence-corrected chi connectivity index (χ3v) is 8.17. The molecule has 0 bridgehead atoms. The second kappa shape index (κ2) is 13.2. The van der Waals surface area contributed by atoms with Crippen molar-refractivity contribution in [3.8, 4) is 39.9 Å². The van der Waals surface area contributed by atoms with Crippen LogP contribution in [-0.4, -0.2) is 25.9 Å². The van der Waals surface area contributed by atoms with E-state index in [2.05, 4.69) is 63.0 Å². The first-order valence-electron chi connectivity index (χ1n) is 15.4. The third-order valence-electron chi connectivity index (χ3n) is 8.17. The summed E-state index contributed by atoms with van der Waals surface area (Å²) in [5.41, 5.74) is 7.93. The van der Waals surface area contributed by atoms with Crippen LogP contribution in [0, 0.1) is 31.8 Å². The zero-order chi connectivity index (χ0) is 31.9. The molecule has 0 spiro atoms. The Hall–Kier alpha value is -4.74. The van der Waals surface area contributed by atoms with E-state index in [0.29, 0.717) is 23.9 Å². The number of hydrogen-bond acceptors (Lipinski definition) is 4. The van der Waals surface area contributed by atoms with Crippen LogP contribution in [0.5, 0.6) is 17.2 Å². The van der Waals surface area contributed by atoms with E-state index < -0.39 is 0 Å². The molecule has 0 atom stereocenters. The van der Waals surface area contributed by atoms with E-state index in [-0.39, 0.29) is 32.8 Å². The van der Waals surface area contributed by atoms with Gasteiger partial charge in [0.15, 0.2) is 0 Å². The van der Waals surface area contributed by atoms with E-state index in [9.17, 15) is 4.39 Å². The SMILES string of the molecule is CCOc1cc(C)c(-c2cnn(-c3[c-]c(Oc4[c-]c5c(cc4)c4ccccc4n5-c4cc(F)ccn4)cc(C(C)C)c3)c2)c(C)c1.[Pt+2]. The number of fused-ring (bicyclic) bond motifs is 3. The first-order chi connectivity index (χ1) is 22.3. The molecule has 0 amide bonds. The van der Waals surface area contributed by atoms with Gasteiger partial charge in [-0.15, -0.1) is 41.3 Å². The normalized spacial score (nSPS) is 11.3. The van der Waals surface area contributed by atoms with E-state index in [1.807, 2.05) is 71.0 Å². The van der Waals surface area contributed by atoms with Crippen molar-refractivity contribution < 1.29 is 34.9 Å². The molecule has 0 radical (unpaired) electrons. The molecule has 238 valence electrons. The van der Waals surface area contributed by atoms with Gasteiger partial charge in [-0.25, -0.2) is 9.37 Å². The number of pyridine rings is 1. The van der Waals surface area contributed by atoms with Gasteiger partial charge in [-0.05, 0) is 78.7 Å². The maximum Gasteiger partial charge on any atom is 2.00 e. The van der Waals surface area contributed by atoms with Crippen LogP contribution in [0.25, 0.3) is 44.4 Å². The smallest absolute Gasteiger partial charge is 0.509 e. The number of halogens is 1. The summed E-state index contributed by atoms with van der Waals surface area (Å²) in [6.07, 6.45) is 5.38. The monoisotopic (exact) mass is 803 g/mol. The number of rotatable bonds is 8. The summed E-state index contributed by atoms with van der Waals surface area (Å²) in [7, 11) is 0. The minimum atomic E-state index is -0.356. The fourth-order valence-corrected chi connectivity index (χ4v) is 6.08. The molecule has 47 heavy (non-hydrogen) atoms. The Morgan fingerprint density at radius 3 is 2.43 bits per heavy atom. The van der Waals surface area contributed by atoms with Gasteiger partial charge in [0.1, 0.15) is 17.4 Å². The van der Waals surface area contributed by atoms with E-state index in [1.54, 1.807) is 0 Å². The number of nitrogens with zero attached hydrogens (tertiary/aromatic N) is 4. The molecule has 0 unspecified atom stereocenters. The largest absolute Gasteiger partial charge is 2.00 e. The Labute approximate surface area is 288 Å². The van der Waals surface area contributed by atoms with E-state index in [4.69, 9.17) is 14.6 Å². The van der Waals surface area contributed by atoms with Crippen LogP contribution in [0.15, 0.2) is 91.4 Å². The maximum atomic E-state index is 14.3. The molecule has 0 N–H and O–H groups in total. The quantitative estimate of drug-likeness (QED) is 0.144. The minimum absolute atomic E-state index is 0. The Morgan fingerprint density at radius 1 is 0.894 bits per heavy atom. The topological polar surface area (TPSA) is 54.1 Å². The fraction of sp³-hybridized carbons (Fsp3) is 0.179. The second-order valence-electron chi connectivity index (χ2n) is 11.7. The van der Waals surface area contributed by atoms with Crippen LogP contribution >= 0.6 is 0 Å². The van der Waals surface area contributed by atoms with Crippen molar-refractivity contribution in [2.75, 3.05) is 6.61 Å². The number of hydrogen-bond donors (Lipinski definition) is 0. The van der Waals surface area contributed by atoms with Crippen molar-refractivity contribution in [3.63, 3.8) is 0 Å². The fourth-order valence-electron chi connectivity index (χ4n) is 6.08. The van der Waals surface area contributed by atoms with Gasteiger partial charge >= 0.3 is 21.1 Å². The van der Waals surface area contributed by atoms with Gasteiger partial charge in [0.25, 0.3) is 0 Å². The Kier molecular flexibility index (Phi) is 9.02. The second-order valence-corrected chi connectivity index (χ2v) is 11.7. The van der Waals surface area contributed by atoms with Gasteiger partial charge < -0.3 is 14.0 Å². The third kappa shape index (κ3) is 6.20. The molecule has 4 aromatic carbocycles. The minimum Gasteiger partial charge on any atom is -0.509 e. The summed E-state index contributed by atoms with van der Waals surface area (Å²) in [6, 6.07) is 29.7. The van der Waals surface area contributed by atoms with Crippen LogP contribution in [0.1, 0.15) is 43.4 Å². The number of aryl methyl sites for hydroxylation is 2. The van der Waals surface area contributed by atoms with Crippen LogP contribution in [0.4, 0.5) is 4.39 Å². The predicted octanol–water partition coefficient (Wildman–Crippen LogP) is 9.70. The molecule has 0 aliphatic carbocycles. The van der Waals surface area contributed by atoms with Gasteiger partial charge in [0.2, 0.25) is 0 Å². The van der Waals surface area contributed by atoms with Crippen LogP contribution in [-0.2, 0) is 21.1 Å². The van der Waals surface area contributed by atoms with Crippen molar-refractivity contribution in [2.24, 2.45) is 0 Å². The molecule has 0 aliphatic rings. The first-order valence-corrected chi connectivity index (χ1v) is 15.4. The average Bonchev–Trinajstić information content (AvgIpc) is 3.64. The Balaban J connectivity index is 0.00000386. The predicted molar refractivity (Wildman–Crippen MR) is 180 cm³/mol.